The predicted octanol–water partition coefficient (Wildman–Crippen LogP) is 3.08. The number of rotatable bonds is 2. The Kier molecular flexibility index (Phi) is 1.84. The van der Waals surface area contributed by atoms with Crippen LogP contribution in [0.3, 0.4) is 0 Å². The van der Waals surface area contributed by atoms with Gasteiger partial charge in [0, 0.05) is 29.3 Å². The van der Waals surface area contributed by atoms with E-state index in [1.807, 2.05) is 24.5 Å². The molecule has 3 heteroatoms. The van der Waals surface area contributed by atoms with Crippen LogP contribution in [-0.4, -0.2) is 9.97 Å². The second kappa shape index (κ2) is 3.17. The highest BCUT2D eigenvalue weighted by molar-refractivity contribution is 7.10. The maximum absolute atomic E-state index is 4.63. The van der Waals surface area contributed by atoms with Crippen molar-refractivity contribution in [1.29, 1.82) is 0 Å². The van der Waals surface area contributed by atoms with Gasteiger partial charge in [-0.1, -0.05) is 0 Å². The van der Waals surface area contributed by atoms with Crippen molar-refractivity contribution >= 4 is 11.3 Å². The molecule has 1 aliphatic rings. The fraction of sp³-hybridized carbons (Fsp3) is 0.273. The van der Waals surface area contributed by atoms with Crippen molar-refractivity contribution < 1.29 is 0 Å². The Morgan fingerprint density at radius 2 is 2.00 bits per heavy atom. The number of pyridine rings is 1. The highest BCUT2D eigenvalue weighted by Gasteiger charge is 2.26. The monoisotopic (exact) mass is 202 g/mol. The van der Waals surface area contributed by atoms with Gasteiger partial charge in [-0.05, 0) is 25.0 Å². The minimum atomic E-state index is 0.760. The van der Waals surface area contributed by atoms with Crippen LogP contribution in [0.25, 0.3) is 11.3 Å². The van der Waals surface area contributed by atoms with Crippen LogP contribution in [0.2, 0.25) is 0 Å². The maximum Gasteiger partial charge on any atom is 0.0963 e. The Balaban J connectivity index is 1.96. The predicted molar refractivity (Wildman–Crippen MR) is 57.3 cm³/mol. The molecule has 0 amide bonds. The van der Waals surface area contributed by atoms with Crippen LogP contribution in [-0.2, 0) is 0 Å². The van der Waals surface area contributed by atoms with Crippen LogP contribution in [0.4, 0.5) is 0 Å². The first-order valence-electron chi connectivity index (χ1n) is 4.79. The molecule has 2 heterocycles. The molecule has 0 aromatic carbocycles. The highest BCUT2D eigenvalue weighted by Crippen LogP contribution is 2.42. The Bertz CT molecular complexity index is 432. The zero-order valence-corrected chi connectivity index (χ0v) is 8.50. The van der Waals surface area contributed by atoms with Gasteiger partial charge in [0.1, 0.15) is 0 Å². The summed E-state index contributed by atoms with van der Waals surface area (Å²) < 4.78 is 0. The summed E-state index contributed by atoms with van der Waals surface area (Å²) in [5, 5.41) is 3.44. The molecule has 0 radical (unpaired) electrons. The number of hydrogen-bond donors (Lipinski definition) is 0. The van der Waals surface area contributed by atoms with Crippen molar-refractivity contribution in [3.63, 3.8) is 0 Å². The molecule has 0 spiro atoms. The molecule has 2 aromatic heterocycles. The Labute approximate surface area is 86.7 Å². The Hall–Kier alpha value is -1.22. The number of aromatic nitrogens is 2. The molecular formula is C11H10N2S. The first-order valence-corrected chi connectivity index (χ1v) is 5.67. The maximum atomic E-state index is 4.63. The summed E-state index contributed by atoms with van der Waals surface area (Å²) in [7, 11) is 0. The summed E-state index contributed by atoms with van der Waals surface area (Å²) in [6.07, 6.45) is 6.27. The van der Waals surface area contributed by atoms with Crippen LogP contribution in [0.1, 0.15) is 23.8 Å². The quantitative estimate of drug-likeness (QED) is 0.748. The lowest BCUT2D eigenvalue weighted by atomic mass is 10.2. The molecule has 0 N–H and O–H groups in total. The SMILES string of the molecule is c1cc(-c2csc(C3CC3)n2)ccn1. The molecule has 2 nitrogen and oxygen atoms in total. The van der Waals surface area contributed by atoms with Gasteiger partial charge in [0.15, 0.2) is 0 Å². The third kappa shape index (κ3) is 1.44. The van der Waals surface area contributed by atoms with Crippen molar-refractivity contribution in [2.24, 2.45) is 0 Å². The molecule has 1 aliphatic carbocycles. The van der Waals surface area contributed by atoms with E-state index in [0.29, 0.717) is 0 Å². The van der Waals surface area contributed by atoms with E-state index in [9.17, 15) is 0 Å². The summed E-state index contributed by atoms with van der Waals surface area (Å²) in [5.74, 6) is 0.760. The van der Waals surface area contributed by atoms with Crippen LogP contribution in [0, 0.1) is 0 Å². The minimum Gasteiger partial charge on any atom is -0.265 e. The van der Waals surface area contributed by atoms with Gasteiger partial charge >= 0.3 is 0 Å². The second-order valence-electron chi connectivity index (χ2n) is 3.58. The van der Waals surface area contributed by atoms with E-state index in [4.69, 9.17) is 0 Å². The van der Waals surface area contributed by atoms with Gasteiger partial charge in [-0.3, -0.25) is 4.98 Å². The van der Waals surface area contributed by atoms with Crippen LogP contribution in [0.15, 0.2) is 29.9 Å². The van der Waals surface area contributed by atoms with E-state index < -0.39 is 0 Å². The van der Waals surface area contributed by atoms with Crippen LogP contribution in [0.5, 0.6) is 0 Å². The molecule has 0 atom stereocenters. The number of thiazole rings is 1. The first-order chi connectivity index (χ1) is 6.93. The fourth-order valence-corrected chi connectivity index (χ4v) is 2.46. The van der Waals surface area contributed by atoms with Crippen molar-refractivity contribution in [2.75, 3.05) is 0 Å². The normalized spacial score (nSPS) is 15.7. The molecule has 0 bridgehead atoms. The smallest absolute Gasteiger partial charge is 0.0963 e. The summed E-state index contributed by atoms with van der Waals surface area (Å²) in [4.78, 5) is 8.63. The first kappa shape index (κ1) is 8.12. The van der Waals surface area contributed by atoms with Crippen molar-refractivity contribution in [3.05, 3.63) is 34.9 Å². The molecule has 14 heavy (non-hydrogen) atoms. The molecule has 3 rings (SSSR count). The van der Waals surface area contributed by atoms with Crippen molar-refractivity contribution in [2.45, 2.75) is 18.8 Å². The largest absolute Gasteiger partial charge is 0.265 e. The summed E-state index contributed by atoms with van der Waals surface area (Å²) >= 11 is 1.78. The highest BCUT2D eigenvalue weighted by atomic mass is 32.1. The molecular weight excluding hydrogens is 192 g/mol. The van der Waals surface area contributed by atoms with E-state index in [2.05, 4.69) is 15.3 Å². The van der Waals surface area contributed by atoms with Gasteiger partial charge in [-0.15, -0.1) is 11.3 Å². The van der Waals surface area contributed by atoms with Gasteiger partial charge in [0.05, 0.1) is 10.7 Å². The molecule has 0 aliphatic heterocycles. The van der Waals surface area contributed by atoms with Gasteiger partial charge in [-0.2, -0.15) is 0 Å². The van der Waals surface area contributed by atoms with Crippen molar-refractivity contribution in [3.8, 4) is 11.3 Å². The van der Waals surface area contributed by atoms with E-state index in [1.54, 1.807) is 11.3 Å². The molecule has 1 fully saturated rings. The number of nitrogens with zero attached hydrogens (tertiary/aromatic N) is 2. The van der Waals surface area contributed by atoms with Gasteiger partial charge in [0.2, 0.25) is 0 Å². The van der Waals surface area contributed by atoms with Gasteiger partial charge < -0.3 is 0 Å². The van der Waals surface area contributed by atoms with E-state index in [1.165, 1.54) is 23.4 Å². The summed E-state index contributed by atoms with van der Waals surface area (Å²) in [6, 6.07) is 4.01. The average Bonchev–Trinajstić information content (AvgIpc) is 2.98. The van der Waals surface area contributed by atoms with Gasteiger partial charge in [0.25, 0.3) is 0 Å². The Morgan fingerprint density at radius 1 is 1.21 bits per heavy atom. The molecule has 2 aromatic rings. The molecule has 1 saturated carbocycles. The zero-order chi connectivity index (χ0) is 9.38. The van der Waals surface area contributed by atoms with Gasteiger partial charge in [-0.25, -0.2) is 4.98 Å². The lowest BCUT2D eigenvalue weighted by molar-refractivity contribution is 1.08. The summed E-state index contributed by atoms with van der Waals surface area (Å²) in [5.41, 5.74) is 2.27. The van der Waals surface area contributed by atoms with Crippen molar-refractivity contribution in [1.82, 2.24) is 9.97 Å². The fourth-order valence-electron chi connectivity index (χ4n) is 1.46. The molecule has 0 unspecified atom stereocenters. The topological polar surface area (TPSA) is 25.8 Å². The average molecular weight is 202 g/mol. The second-order valence-corrected chi connectivity index (χ2v) is 4.47. The van der Waals surface area contributed by atoms with Crippen LogP contribution >= 0.6 is 11.3 Å². The van der Waals surface area contributed by atoms with E-state index in [-0.39, 0.29) is 0 Å². The van der Waals surface area contributed by atoms with E-state index in [0.717, 1.165) is 11.6 Å². The lowest BCUT2D eigenvalue weighted by Gasteiger charge is -1.93. The third-order valence-corrected chi connectivity index (χ3v) is 3.43. The Morgan fingerprint density at radius 3 is 2.71 bits per heavy atom. The minimum absolute atomic E-state index is 0.760. The third-order valence-electron chi connectivity index (χ3n) is 2.42. The zero-order valence-electron chi connectivity index (χ0n) is 7.68. The summed E-state index contributed by atoms with van der Waals surface area (Å²) in [6.45, 7) is 0. The standard InChI is InChI=1S/C11H10N2S/c1-2-9(1)11-13-10(7-14-11)8-3-5-12-6-4-8/h3-7,9H,1-2H2. The number of hydrogen-bond acceptors (Lipinski definition) is 3. The van der Waals surface area contributed by atoms with Crippen LogP contribution < -0.4 is 0 Å². The van der Waals surface area contributed by atoms with E-state index >= 15 is 0 Å². The molecule has 0 saturated heterocycles. The lowest BCUT2D eigenvalue weighted by Crippen LogP contribution is -1.80. The molecule has 70 valence electrons.